The van der Waals surface area contributed by atoms with Crippen LogP contribution in [0, 0.1) is 0 Å². The van der Waals surface area contributed by atoms with Gasteiger partial charge < -0.3 is 29.0 Å². The molecule has 5 atom stereocenters. The first-order valence-electron chi connectivity index (χ1n) is 12.2. The number of carbonyl (C=O) groups excluding carboxylic acids is 2. The molecule has 6 rings (SSSR count). The summed E-state index contributed by atoms with van der Waals surface area (Å²) in [7, 11) is 3.63. The van der Waals surface area contributed by atoms with Gasteiger partial charge in [0.1, 0.15) is 5.76 Å². The number of hydrogen-bond donors (Lipinski definition) is 1. The highest BCUT2D eigenvalue weighted by atomic mass is 16.6. The summed E-state index contributed by atoms with van der Waals surface area (Å²) < 4.78 is 23.5. The summed E-state index contributed by atoms with van der Waals surface area (Å²) >= 11 is 0. The Labute approximate surface area is 209 Å². The van der Waals surface area contributed by atoms with E-state index in [0.717, 1.165) is 17.7 Å². The standard InChI is InChI=1S/C28H29NO7/c1-16(30)34-23(17-7-5-4-6-8-17)26(31)35-20-11-12-28(32)21-15-18-9-10-19(33-3)24-22(18)27(28,25(20)36-24)13-14-29(21)2/h4-11,21,23,25,32H,12-15H2,1-3H3/t21-,23+,25?,27?,28-/m1/s1. The number of rotatable bonds is 5. The third-order valence-electron chi connectivity index (χ3n) is 8.38. The molecule has 1 N–H and O–H groups in total. The van der Waals surface area contributed by atoms with Gasteiger partial charge in [-0.2, -0.15) is 0 Å². The number of nitrogens with zero attached hydrogens (tertiary/aromatic N) is 1. The lowest BCUT2D eigenvalue weighted by Crippen LogP contribution is -2.74. The monoisotopic (exact) mass is 491 g/mol. The quantitative estimate of drug-likeness (QED) is 0.639. The van der Waals surface area contributed by atoms with Gasteiger partial charge in [0, 0.05) is 30.5 Å². The molecule has 36 heavy (non-hydrogen) atoms. The molecule has 2 aliphatic carbocycles. The molecule has 2 bridgehead atoms. The number of hydrogen-bond acceptors (Lipinski definition) is 8. The lowest BCUT2D eigenvalue weighted by molar-refractivity contribution is -0.176. The van der Waals surface area contributed by atoms with Crippen molar-refractivity contribution in [2.75, 3.05) is 20.7 Å². The average Bonchev–Trinajstić information content (AvgIpc) is 3.22. The van der Waals surface area contributed by atoms with E-state index < -0.39 is 35.2 Å². The number of likely N-dealkylation sites (N-methyl/N-ethyl adjacent to an activating group) is 1. The molecule has 1 spiro atoms. The third-order valence-corrected chi connectivity index (χ3v) is 8.38. The van der Waals surface area contributed by atoms with Crippen LogP contribution in [0.25, 0.3) is 0 Å². The minimum atomic E-state index is -1.21. The van der Waals surface area contributed by atoms with Crippen molar-refractivity contribution in [1.82, 2.24) is 4.90 Å². The molecule has 2 heterocycles. The molecule has 2 aromatic carbocycles. The van der Waals surface area contributed by atoms with Crippen LogP contribution in [0.15, 0.2) is 54.3 Å². The number of aliphatic hydroxyl groups is 1. The molecular formula is C28H29NO7. The Balaban J connectivity index is 1.42. The highest BCUT2D eigenvalue weighted by Crippen LogP contribution is 2.65. The van der Waals surface area contributed by atoms with Gasteiger partial charge in [0.15, 0.2) is 17.6 Å². The van der Waals surface area contributed by atoms with Gasteiger partial charge >= 0.3 is 11.9 Å². The molecule has 4 aliphatic rings. The van der Waals surface area contributed by atoms with E-state index in [1.807, 2.05) is 25.2 Å². The first-order valence-corrected chi connectivity index (χ1v) is 12.2. The second-order valence-corrected chi connectivity index (χ2v) is 10.1. The van der Waals surface area contributed by atoms with Gasteiger partial charge in [-0.1, -0.05) is 36.4 Å². The van der Waals surface area contributed by atoms with Crippen molar-refractivity contribution < 1.29 is 33.6 Å². The molecule has 2 aromatic rings. The number of benzene rings is 2. The van der Waals surface area contributed by atoms with E-state index in [9.17, 15) is 14.7 Å². The van der Waals surface area contributed by atoms with Crippen LogP contribution in [-0.2, 0) is 30.9 Å². The summed E-state index contributed by atoms with van der Waals surface area (Å²) in [6, 6.07) is 12.6. The number of piperidine rings is 1. The Morgan fingerprint density at radius 3 is 2.69 bits per heavy atom. The number of ether oxygens (including phenoxy) is 4. The van der Waals surface area contributed by atoms with E-state index in [0.29, 0.717) is 42.1 Å². The molecule has 0 aromatic heterocycles. The van der Waals surface area contributed by atoms with Crippen molar-refractivity contribution in [1.29, 1.82) is 0 Å². The molecule has 2 unspecified atom stereocenters. The summed E-state index contributed by atoms with van der Waals surface area (Å²) in [4.78, 5) is 27.4. The van der Waals surface area contributed by atoms with Gasteiger partial charge in [0.25, 0.3) is 0 Å². The Morgan fingerprint density at radius 1 is 1.19 bits per heavy atom. The van der Waals surface area contributed by atoms with Gasteiger partial charge in [0.2, 0.25) is 6.10 Å². The Kier molecular flexibility index (Phi) is 5.18. The van der Waals surface area contributed by atoms with E-state index in [2.05, 4.69) is 4.90 Å². The Bertz CT molecular complexity index is 1270. The van der Waals surface area contributed by atoms with Crippen molar-refractivity contribution in [3.63, 3.8) is 0 Å². The van der Waals surface area contributed by atoms with Crippen molar-refractivity contribution >= 4 is 11.9 Å². The zero-order valence-electron chi connectivity index (χ0n) is 20.5. The molecule has 0 amide bonds. The minimum absolute atomic E-state index is 0.101. The lowest BCUT2D eigenvalue weighted by Gasteiger charge is -2.61. The largest absolute Gasteiger partial charge is 0.493 e. The van der Waals surface area contributed by atoms with Crippen LogP contribution in [-0.4, -0.2) is 60.4 Å². The Hall–Kier alpha value is -3.36. The smallest absolute Gasteiger partial charge is 0.357 e. The van der Waals surface area contributed by atoms with Crippen molar-refractivity contribution in [3.05, 3.63) is 71.0 Å². The van der Waals surface area contributed by atoms with E-state index in [1.54, 1.807) is 37.5 Å². The van der Waals surface area contributed by atoms with Crippen molar-refractivity contribution in [2.45, 2.75) is 55.5 Å². The van der Waals surface area contributed by atoms with Crippen LogP contribution < -0.4 is 9.47 Å². The summed E-state index contributed by atoms with van der Waals surface area (Å²) in [5.74, 6) is 0.217. The van der Waals surface area contributed by atoms with Gasteiger partial charge in [-0.3, -0.25) is 4.79 Å². The third kappa shape index (κ3) is 3.01. The first-order chi connectivity index (χ1) is 17.3. The molecule has 1 fully saturated rings. The summed E-state index contributed by atoms with van der Waals surface area (Å²) in [5, 5.41) is 12.3. The zero-order chi connectivity index (χ0) is 25.2. The molecule has 8 nitrogen and oxygen atoms in total. The van der Waals surface area contributed by atoms with Gasteiger partial charge in [-0.15, -0.1) is 0 Å². The maximum absolute atomic E-state index is 13.4. The van der Waals surface area contributed by atoms with E-state index >= 15 is 0 Å². The topological polar surface area (TPSA) is 94.5 Å². The molecular weight excluding hydrogens is 462 g/mol. The molecule has 188 valence electrons. The van der Waals surface area contributed by atoms with Crippen LogP contribution in [0.1, 0.15) is 42.6 Å². The summed E-state index contributed by atoms with van der Waals surface area (Å²) in [6.45, 7) is 2.03. The van der Waals surface area contributed by atoms with Crippen LogP contribution in [0.4, 0.5) is 0 Å². The van der Waals surface area contributed by atoms with Crippen molar-refractivity contribution in [3.8, 4) is 11.5 Å². The van der Waals surface area contributed by atoms with Crippen LogP contribution >= 0.6 is 0 Å². The van der Waals surface area contributed by atoms with Crippen LogP contribution in [0.2, 0.25) is 0 Å². The minimum Gasteiger partial charge on any atom is -0.493 e. The predicted octanol–water partition coefficient (Wildman–Crippen LogP) is 2.82. The highest BCUT2D eigenvalue weighted by molar-refractivity contribution is 5.81. The SMILES string of the molecule is COc1ccc2c3c1OC1C(OC(=O)[C@@H](OC(C)=O)c4ccccc4)=CC[C@@]4(O)[C@@H](C2)N(C)CCC314. The molecule has 1 saturated heterocycles. The fraction of sp³-hybridized carbons (Fsp3) is 0.429. The maximum atomic E-state index is 13.4. The summed E-state index contributed by atoms with van der Waals surface area (Å²) in [6.07, 6.45) is 1.47. The highest BCUT2D eigenvalue weighted by Gasteiger charge is 2.72. The normalized spacial score (nSPS) is 30.4. The molecule has 0 radical (unpaired) electrons. The second-order valence-electron chi connectivity index (χ2n) is 10.1. The van der Waals surface area contributed by atoms with E-state index in [-0.39, 0.29) is 6.04 Å². The maximum Gasteiger partial charge on any atom is 0.357 e. The van der Waals surface area contributed by atoms with Gasteiger partial charge in [0.05, 0.1) is 18.1 Å². The van der Waals surface area contributed by atoms with E-state index in [4.69, 9.17) is 18.9 Å². The lowest BCUT2D eigenvalue weighted by atomic mass is 9.50. The first kappa shape index (κ1) is 23.1. The van der Waals surface area contributed by atoms with Crippen LogP contribution in [0.5, 0.6) is 11.5 Å². The fourth-order valence-electron chi connectivity index (χ4n) is 6.80. The summed E-state index contributed by atoms with van der Waals surface area (Å²) in [5.41, 5.74) is 0.708. The van der Waals surface area contributed by atoms with Crippen molar-refractivity contribution in [2.24, 2.45) is 0 Å². The Morgan fingerprint density at radius 2 is 1.97 bits per heavy atom. The molecule has 8 heteroatoms. The number of carbonyl (C=O) groups is 2. The average molecular weight is 492 g/mol. The fourth-order valence-corrected chi connectivity index (χ4v) is 6.80. The second kappa shape index (κ2) is 8.08. The number of esters is 2. The van der Waals surface area contributed by atoms with Crippen LogP contribution in [0.3, 0.4) is 0 Å². The molecule has 2 aliphatic heterocycles. The molecule has 0 saturated carbocycles. The van der Waals surface area contributed by atoms with Gasteiger partial charge in [-0.25, -0.2) is 4.79 Å². The number of methoxy groups -OCH3 is 1. The predicted molar refractivity (Wildman–Crippen MR) is 129 cm³/mol. The van der Waals surface area contributed by atoms with E-state index in [1.165, 1.54) is 6.92 Å². The zero-order valence-corrected chi connectivity index (χ0v) is 20.5. The van der Waals surface area contributed by atoms with Gasteiger partial charge in [-0.05, 0) is 44.1 Å². The number of likely N-dealkylation sites (tertiary alicyclic amines) is 1.